The normalized spacial score (nSPS) is 17.8. The van der Waals surface area contributed by atoms with Gasteiger partial charge in [0, 0.05) is 17.2 Å². The van der Waals surface area contributed by atoms with E-state index < -0.39 is 35.1 Å². The van der Waals surface area contributed by atoms with E-state index in [1.54, 1.807) is 24.3 Å². The van der Waals surface area contributed by atoms with Gasteiger partial charge in [-0.05, 0) is 54.8 Å². The van der Waals surface area contributed by atoms with Crippen molar-refractivity contribution >= 4 is 23.1 Å². The highest BCUT2D eigenvalue weighted by molar-refractivity contribution is 6.51. The third-order valence-corrected chi connectivity index (χ3v) is 5.79. The lowest BCUT2D eigenvalue weighted by Crippen LogP contribution is -2.30. The molecule has 182 valence electrons. The van der Waals surface area contributed by atoms with Crippen LogP contribution >= 0.6 is 0 Å². The van der Waals surface area contributed by atoms with Gasteiger partial charge in [-0.1, -0.05) is 20.8 Å². The zero-order chi connectivity index (χ0) is 25.5. The summed E-state index contributed by atoms with van der Waals surface area (Å²) in [5, 5.41) is 11.3. The Morgan fingerprint density at radius 1 is 1.11 bits per heavy atom. The number of nitrogens with zero attached hydrogens (tertiary/aromatic N) is 1. The summed E-state index contributed by atoms with van der Waals surface area (Å²) in [5.41, 5.74) is 0.142. The maximum Gasteiger partial charge on any atom is 0.300 e. The van der Waals surface area contributed by atoms with Crippen LogP contribution in [0, 0.1) is 11.6 Å². The van der Waals surface area contributed by atoms with Crippen LogP contribution in [-0.2, 0) is 15.0 Å². The Kier molecular flexibility index (Phi) is 6.23. The summed E-state index contributed by atoms with van der Waals surface area (Å²) in [4.78, 5) is 27.1. The molecular formula is C27H25F2NO5. The van der Waals surface area contributed by atoms with Gasteiger partial charge in [-0.25, -0.2) is 8.78 Å². The first-order valence-corrected chi connectivity index (χ1v) is 11.1. The Morgan fingerprint density at radius 3 is 2.46 bits per heavy atom. The molecule has 0 radical (unpaired) electrons. The summed E-state index contributed by atoms with van der Waals surface area (Å²) >= 11 is 0. The summed E-state index contributed by atoms with van der Waals surface area (Å²) < 4.78 is 39.4. The minimum atomic E-state index is -1.25. The number of amides is 1. The second kappa shape index (κ2) is 9.02. The van der Waals surface area contributed by atoms with E-state index in [9.17, 15) is 23.5 Å². The smallest absolute Gasteiger partial charge is 0.300 e. The summed E-state index contributed by atoms with van der Waals surface area (Å²) in [6.07, 6.45) is 1.34. The summed E-state index contributed by atoms with van der Waals surface area (Å²) in [6.45, 7) is 8.25. The number of aliphatic hydroxyl groups is 1. The summed E-state index contributed by atoms with van der Waals surface area (Å²) in [5.74, 6) is -3.62. The highest BCUT2D eigenvalue weighted by Gasteiger charge is 2.49. The molecule has 0 saturated carbocycles. The number of furan rings is 1. The zero-order valence-electron chi connectivity index (χ0n) is 19.8. The first-order chi connectivity index (χ1) is 16.5. The third-order valence-electron chi connectivity index (χ3n) is 5.79. The van der Waals surface area contributed by atoms with E-state index >= 15 is 0 Å². The molecular weight excluding hydrogens is 456 g/mol. The van der Waals surface area contributed by atoms with Gasteiger partial charge in [0.15, 0.2) is 0 Å². The number of aliphatic hydroxyl groups excluding tert-OH is 1. The van der Waals surface area contributed by atoms with Crippen molar-refractivity contribution in [1.82, 2.24) is 0 Å². The highest BCUT2D eigenvalue weighted by Crippen LogP contribution is 2.44. The largest absolute Gasteiger partial charge is 0.507 e. The van der Waals surface area contributed by atoms with Gasteiger partial charge >= 0.3 is 0 Å². The summed E-state index contributed by atoms with van der Waals surface area (Å²) in [6, 6.07) is 9.45. The number of ketones is 1. The Hall–Kier alpha value is -3.94. The van der Waals surface area contributed by atoms with E-state index in [1.165, 1.54) is 12.3 Å². The van der Waals surface area contributed by atoms with E-state index in [0.29, 0.717) is 18.4 Å². The molecule has 2 heterocycles. The number of ether oxygens (including phenoxy) is 1. The van der Waals surface area contributed by atoms with Crippen LogP contribution in [0.25, 0.3) is 5.76 Å². The molecule has 1 fully saturated rings. The lowest BCUT2D eigenvalue weighted by Gasteiger charge is -2.25. The molecule has 1 saturated heterocycles. The van der Waals surface area contributed by atoms with E-state index in [2.05, 4.69) is 0 Å². The molecule has 0 aliphatic carbocycles. The minimum absolute atomic E-state index is 0.136. The van der Waals surface area contributed by atoms with Crippen LogP contribution in [0.15, 0.2) is 64.8 Å². The Labute approximate surface area is 201 Å². The van der Waals surface area contributed by atoms with Crippen molar-refractivity contribution in [3.63, 3.8) is 0 Å². The maximum absolute atomic E-state index is 14.7. The van der Waals surface area contributed by atoms with Crippen LogP contribution in [0.3, 0.4) is 0 Å². The maximum atomic E-state index is 14.7. The number of hydrogen-bond acceptors (Lipinski definition) is 5. The standard InChI is InChI=1S/C27H25F2NO5/c1-5-34-20-11-8-15(13-17(20)27(2,3)4)24(31)22-23(21-7-6-12-35-21)30(26(33)25(22)32)19-10-9-16(28)14-18(19)29/h6-14,23,31H,5H2,1-4H3/b24-22-. The predicted octanol–water partition coefficient (Wildman–Crippen LogP) is 5.88. The quantitative estimate of drug-likeness (QED) is 0.280. The average molecular weight is 481 g/mol. The fourth-order valence-corrected chi connectivity index (χ4v) is 4.17. The lowest BCUT2D eigenvalue weighted by molar-refractivity contribution is -0.132. The van der Waals surface area contributed by atoms with Crippen molar-refractivity contribution < 1.29 is 32.6 Å². The fraction of sp³-hybridized carbons (Fsp3) is 0.259. The molecule has 1 aliphatic heterocycles. The molecule has 8 heteroatoms. The van der Waals surface area contributed by atoms with Crippen LogP contribution < -0.4 is 9.64 Å². The van der Waals surface area contributed by atoms with Gasteiger partial charge < -0.3 is 14.3 Å². The van der Waals surface area contributed by atoms with Gasteiger partial charge in [0.2, 0.25) is 0 Å². The molecule has 3 aromatic rings. The zero-order valence-corrected chi connectivity index (χ0v) is 19.8. The number of rotatable bonds is 5. The van der Waals surface area contributed by atoms with Crippen LogP contribution in [0.4, 0.5) is 14.5 Å². The lowest BCUT2D eigenvalue weighted by atomic mass is 9.84. The molecule has 1 amide bonds. The van der Waals surface area contributed by atoms with Crippen molar-refractivity contribution in [3.05, 3.63) is 88.9 Å². The van der Waals surface area contributed by atoms with Gasteiger partial charge in [0.1, 0.15) is 34.9 Å². The van der Waals surface area contributed by atoms with Crippen molar-refractivity contribution in [2.24, 2.45) is 0 Å². The molecule has 1 aliphatic rings. The first kappa shape index (κ1) is 24.2. The van der Waals surface area contributed by atoms with Gasteiger partial charge in [0.25, 0.3) is 11.7 Å². The van der Waals surface area contributed by atoms with E-state index in [4.69, 9.17) is 9.15 Å². The van der Waals surface area contributed by atoms with Crippen molar-refractivity contribution in [2.75, 3.05) is 11.5 Å². The number of anilines is 1. The molecule has 2 aromatic carbocycles. The van der Waals surface area contributed by atoms with Gasteiger partial charge in [-0.15, -0.1) is 0 Å². The molecule has 1 atom stereocenters. The van der Waals surface area contributed by atoms with E-state index in [1.807, 2.05) is 27.7 Å². The molecule has 4 rings (SSSR count). The van der Waals surface area contributed by atoms with E-state index in [-0.39, 0.29) is 28.0 Å². The van der Waals surface area contributed by atoms with Gasteiger partial charge in [-0.2, -0.15) is 0 Å². The van der Waals surface area contributed by atoms with Crippen LogP contribution in [0.5, 0.6) is 5.75 Å². The second-order valence-electron chi connectivity index (χ2n) is 9.17. The third kappa shape index (κ3) is 4.32. The number of hydrogen-bond donors (Lipinski definition) is 1. The minimum Gasteiger partial charge on any atom is -0.507 e. The topological polar surface area (TPSA) is 80.0 Å². The number of Topliss-reactive ketones (excluding diaryl/α,β-unsaturated/α-hetero) is 1. The molecule has 1 unspecified atom stereocenters. The second-order valence-corrected chi connectivity index (χ2v) is 9.17. The van der Waals surface area contributed by atoms with Crippen LogP contribution in [-0.4, -0.2) is 23.4 Å². The Balaban J connectivity index is 1.93. The highest BCUT2D eigenvalue weighted by atomic mass is 19.1. The molecule has 35 heavy (non-hydrogen) atoms. The van der Waals surface area contributed by atoms with Gasteiger partial charge in [-0.3, -0.25) is 14.5 Å². The molecule has 1 aromatic heterocycles. The number of carbonyl (C=O) groups is 2. The Bertz CT molecular complexity index is 1320. The monoisotopic (exact) mass is 481 g/mol. The summed E-state index contributed by atoms with van der Waals surface area (Å²) in [7, 11) is 0. The van der Waals surface area contributed by atoms with Crippen molar-refractivity contribution in [3.8, 4) is 5.75 Å². The average Bonchev–Trinajstić information content (AvgIpc) is 3.41. The van der Waals surface area contributed by atoms with E-state index in [0.717, 1.165) is 22.6 Å². The predicted molar refractivity (Wildman–Crippen MR) is 126 cm³/mol. The molecule has 6 nitrogen and oxygen atoms in total. The van der Waals surface area contributed by atoms with Crippen LogP contribution in [0.2, 0.25) is 0 Å². The van der Waals surface area contributed by atoms with Crippen molar-refractivity contribution in [1.29, 1.82) is 0 Å². The molecule has 0 spiro atoms. The van der Waals surface area contributed by atoms with Crippen LogP contribution in [0.1, 0.15) is 50.6 Å². The first-order valence-electron chi connectivity index (χ1n) is 11.1. The van der Waals surface area contributed by atoms with Gasteiger partial charge in [0.05, 0.1) is 24.1 Å². The fourth-order valence-electron chi connectivity index (χ4n) is 4.17. The van der Waals surface area contributed by atoms with Crippen molar-refractivity contribution in [2.45, 2.75) is 39.2 Å². The molecule has 1 N–H and O–H groups in total. The molecule has 0 bridgehead atoms. The SMILES string of the molecule is CCOc1ccc(/C(O)=C2/C(=O)C(=O)N(c3ccc(F)cc3F)C2c2ccco2)cc1C(C)(C)C. The number of halogens is 2. The number of benzene rings is 2. The Morgan fingerprint density at radius 2 is 1.86 bits per heavy atom. The number of carbonyl (C=O) groups excluding carboxylic acids is 2.